The van der Waals surface area contributed by atoms with Gasteiger partial charge in [-0.15, -0.1) is 0 Å². The molecule has 0 N–H and O–H groups in total. The van der Waals surface area contributed by atoms with Gasteiger partial charge in [-0.2, -0.15) is 5.10 Å². The monoisotopic (exact) mass is 337 g/mol. The first-order valence-electron chi connectivity index (χ1n) is 8.50. The van der Waals surface area contributed by atoms with Gasteiger partial charge in [0.1, 0.15) is 18.3 Å². The van der Waals surface area contributed by atoms with Gasteiger partial charge in [-0.05, 0) is 31.4 Å². The largest absolute Gasteiger partial charge is 0.341 e. The Bertz CT molecular complexity index is 955. The number of rotatable bonds is 3. The first kappa shape index (κ1) is 15.6. The average Bonchev–Trinajstić information content (AvgIpc) is 3.10. The van der Waals surface area contributed by atoms with Crippen LogP contribution < -0.4 is 5.56 Å². The van der Waals surface area contributed by atoms with Crippen LogP contribution in [0.3, 0.4) is 0 Å². The predicted molar refractivity (Wildman–Crippen MR) is 93.6 cm³/mol. The topological polar surface area (TPSA) is 73.0 Å². The van der Waals surface area contributed by atoms with Crippen LogP contribution in [0.2, 0.25) is 0 Å². The lowest BCUT2D eigenvalue weighted by Crippen LogP contribution is -2.39. The smallest absolute Gasteiger partial charge is 0.264 e. The Morgan fingerprint density at radius 1 is 1.08 bits per heavy atom. The van der Waals surface area contributed by atoms with Gasteiger partial charge < -0.3 is 4.90 Å². The van der Waals surface area contributed by atoms with E-state index in [0.717, 1.165) is 38.0 Å². The Morgan fingerprint density at radius 3 is 2.60 bits per heavy atom. The molecular formula is C18H19N5O2. The van der Waals surface area contributed by atoms with Crippen LogP contribution in [0.1, 0.15) is 19.3 Å². The average molecular weight is 337 g/mol. The number of likely N-dealkylation sites (tertiary alicyclic amines) is 1. The number of hydrogen-bond donors (Lipinski definition) is 0. The molecule has 0 radical (unpaired) electrons. The zero-order valence-electron chi connectivity index (χ0n) is 13.8. The molecule has 1 amide bonds. The third-order valence-corrected chi connectivity index (χ3v) is 4.57. The van der Waals surface area contributed by atoms with E-state index in [1.165, 1.54) is 17.1 Å². The van der Waals surface area contributed by atoms with Crippen molar-refractivity contribution >= 4 is 16.9 Å². The normalized spacial score (nSPS) is 14.8. The molecule has 7 heteroatoms. The molecule has 0 aliphatic carbocycles. The first-order valence-corrected chi connectivity index (χ1v) is 8.50. The summed E-state index contributed by atoms with van der Waals surface area (Å²) in [6.45, 7) is 1.57. The van der Waals surface area contributed by atoms with Crippen LogP contribution in [0.25, 0.3) is 16.7 Å². The van der Waals surface area contributed by atoms with E-state index in [-0.39, 0.29) is 18.0 Å². The molecule has 2 aromatic heterocycles. The maximum absolute atomic E-state index is 12.7. The molecule has 0 atom stereocenters. The molecule has 1 aliphatic rings. The lowest BCUT2D eigenvalue weighted by atomic mass is 10.1. The second-order valence-corrected chi connectivity index (χ2v) is 6.25. The van der Waals surface area contributed by atoms with E-state index >= 15 is 0 Å². The molecule has 0 spiro atoms. The quantitative estimate of drug-likeness (QED) is 0.728. The van der Waals surface area contributed by atoms with Crippen molar-refractivity contribution in [1.82, 2.24) is 24.2 Å². The van der Waals surface area contributed by atoms with E-state index in [4.69, 9.17) is 0 Å². The van der Waals surface area contributed by atoms with Crippen molar-refractivity contribution in [3.05, 3.63) is 53.2 Å². The second kappa shape index (κ2) is 6.51. The predicted octanol–water partition coefficient (Wildman–Crippen LogP) is 1.59. The number of carbonyl (C=O) groups excluding carboxylic acids is 1. The summed E-state index contributed by atoms with van der Waals surface area (Å²) in [7, 11) is 0. The minimum atomic E-state index is -0.238. The van der Waals surface area contributed by atoms with Crippen molar-refractivity contribution in [1.29, 1.82) is 0 Å². The van der Waals surface area contributed by atoms with Crippen LogP contribution in [0.4, 0.5) is 0 Å². The summed E-state index contributed by atoms with van der Waals surface area (Å²) in [5.41, 5.74) is 1.10. The number of fused-ring (bicyclic) bond motifs is 1. The van der Waals surface area contributed by atoms with Gasteiger partial charge >= 0.3 is 0 Å². The summed E-state index contributed by atoms with van der Waals surface area (Å²) >= 11 is 0. The van der Waals surface area contributed by atoms with Crippen LogP contribution >= 0.6 is 0 Å². The molecule has 3 aromatic rings. The summed E-state index contributed by atoms with van der Waals surface area (Å²) < 4.78 is 3.00. The third-order valence-electron chi connectivity index (χ3n) is 4.57. The van der Waals surface area contributed by atoms with Crippen molar-refractivity contribution in [3.8, 4) is 5.69 Å². The Balaban J connectivity index is 1.65. The van der Waals surface area contributed by atoms with Crippen LogP contribution in [0.15, 0.2) is 47.7 Å². The Morgan fingerprint density at radius 2 is 1.84 bits per heavy atom. The first-order chi connectivity index (χ1) is 12.2. The van der Waals surface area contributed by atoms with Gasteiger partial charge in [0, 0.05) is 13.1 Å². The maximum Gasteiger partial charge on any atom is 0.264 e. The van der Waals surface area contributed by atoms with Gasteiger partial charge in [0.15, 0.2) is 5.65 Å². The number of nitrogens with zero attached hydrogens (tertiary/aromatic N) is 5. The second-order valence-electron chi connectivity index (χ2n) is 6.25. The van der Waals surface area contributed by atoms with E-state index in [2.05, 4.69) is 10.1 Å². The minimum Gasteiger partial charge on any atom is -0.341 e. The van der Waals surface area contributed by atoms with E-state index in [1.807, 2.05) is 35.2 Å². The third kappa shape index (κ3) is 2.93. The lowest BCUT2D eigenvalue weighted by Gasteiger charge is -2.26. The summed E-state index contributed by atoms with van der Waals surface area (Å²) in [4.78, 5) is 31.3. The number of aromatic nitrogens is 4. The molecule has 128 valence electrons. The molecule has 0 saturated carbocycles. The highest BCUT2D eigenvalue weighted by Crippen LogP contribution is 2.13. The zero-order valence-corrected chi connectivity index (χ0v) is 13.8. The Labute approximate surface area is 144 Å². The summed E-state index contributed by atoms with van der Waals surface area (Å²) in [6, 6.07) is 9.53. The van der Waals surface area contributed by atoms with Crippen molar-refractivity contribution in [3.63, 3.8) is 0 Å². The SMILES string of the molecule is O=C(Cn1cnc2c(cnn2-c2ccccc2)c1=O)N1CCCCC1. The van der Waals surface area contributed by atoms with Crippen LogP contribution in [-0.4, -0.2) is 43.2 Å². The zero-order chi connectivity index (χ0) is 17.2. The molecule has 0 unspecified atom stereocenters. The molecule has 4 rings (SSSR count). The van der Waals surface area contributed by atoms with Crippen molar-refractivity contribution in [2.45, 2.75) is 25.8 Å². The van der Waals surface area contributed by atoms with Crippen LogP contribution in [0, 0.1) is 0 Å². The molecule has 7 nitrogen and oxygen atoms in total. The maximum atomic E-state index is 12.7. The number of hydrogen-bond acceptors (Lipinski definition) is 4. The van der Waals surface area contributed by atoms with Gasteiger partial charge in [-0.25, -0.2) is 9.67 Å². The number of carbonyl (C=O) groups is 1. The molecule has 25 heavy (non-hydrogen) atoms. The molecule has 1 saturated heterocycles. The van der Waals surface area contributed by atoms with Crippen molar-refractivity contribution < 1.29 is 4.79 Å². The van der Waals surface area contributed by atoms with Gasteiger partial charge in [0.05, 0.1) is 11.9 Å². The molecule has 3 heterocycles. The van der Waals surface area contributed by atoms with E-state index < -0.39 is 0 Å². The molecule has 1 fully saturated rings. The highest BCUT2D eigenvalue weighted by molar-refractivity contribution is 5.78. The van der Waals surface area contributed by atoms with E-state index in [0.29, 0.717) is 11.0 Å². The lowest BCUT2D eigenvalue weighted by molar-refractivity contribution is -0.132. The number of para-hydroxylation sites is 1. The Kier molecular flexibility index (Phi) is 4.05. The fraction of sp³-hybridized carbons (Fsp3) is 0.333. The van der Waals surface area contributed by atoms with E-state index in [1.54, 1.807) is 4.68 Å². The fourth-order valence-electron chi connectivity index (χ4n) is 3.21. The van der Waals surface area contributed by atoms with Gasteiger partial charge in [0.2, 0.25) is 5.91 Å². The number of piperidine rings is 1. The van der Waals surface area contributed by atoms with Gasteiger partial charge in [-0.3, -0.25) is 14.2 Å². The standard InChI is InChI=1S/C18H19N5O2/c24-16(21-9-5-2-6-10-21)12-22-13-19-17-15(18(22)25)11-20-23(17)14-7-3-1-4-8-14/h1,3-4,7-8,11,13H,2,5-6,9-10,12H2. The molecule has 0 bridgehead atoms. The van der Waals surface area contributed by atoms with E-state index in [9.17, 15) is 9.59 Å². The molecular weight excluding hydrogens is 318 g/mol. The number of amides is 1. The molecule has 1 aromatic carbocycles. The highest BCUT2D eigenvalue weighted by Gasteiger charge is 2.18. The van der Waals surface area contributed by atoms with Crippen LogP contribution in [0.5, 0.6) is 0 Å². The summed E-state index contributed by atoms with van der Waals surface area (Å²) in [5.74, 6) is -0.0293. The number of benzene rings is 1. The summed E-state index contributed by atoms with van der Waals surface area (Å²) in [5, 5.41) is 4.70. The summed E-state index contributed by atoms with van der Waals surface area (Å²) in [6.07, 6.45) is 6.17. The van der Waals surface area contributed by atoms with Gasteiger partial charge in [-0.1, -0.05) is 18.2 Å². The van der Waals surface area contributed by atoms with Crippen molar-refractivity contribution in [2.24, 2.45) is 0 Å². The minimum absolute atomic E-state index is 0.0261. The fourth-order valence-corrected chi connectivity index (χ4v) is 3.21. The van der Waals surface area contributed by atoms with Crippen LogP contribution in [-0.2, 0) is 11.3 Å². The Hall–Kier alpha value is -2.96. The van der Waals surface area contributed by atoms with Gasteiger partial charge in [0.25, 0.3) is 5.56 Å². The highest BCUT2D eigenvalue weighted by atomic mass is 16.2. The van der Waals surface area contributed by atoms with Crippen molar-refractivity contribution in [2.75, 3.05) is 13.1 Å². The molecule has 1 aliphatic heterocycles.